The van der Waals surface area contributed by atoms with E-state index in [0.29, 0.717) is 40.3 Å². The van der Waals surface area contributed by atoms with Crippen LogP contribution in [0, 0.1) is 0 Å². The summed E-state index contributed by atoms with van der Waals surface area (Å²) in [5.74, 6) is -0.163. The highest BCUT2D eigenvalue weighted by Gasteiger charge is 2.26. The summed E-state index contributed by atoms with van der Waals surface area (Å²) in [5, 5.41) is 6.87. The summed E-state index contributed by atoms with van der Waals surface area (Å²) >= 11 is 13.5. The van der Waals surface area contributed by atoms with Crippen molar-refractivity contribution in [1.29, 1.82) is 0 Å². The summed E-state index contributed by atoms with van der Waals surface area (Å²) in [5.41, 5.74) is 1.30. The molecule has 2 N–H and O–H groups in total. The van der Waals surface area contributed by atoms with Gasteiger partial charge >= 0.3 is 6.03 Å². The highest BCUT2D eigenvalue weighted by Crippen LogP contribution is 2.30. The van der Waals surface area contributed by atoms with E-state index in [1.165, 1.54) is 11.3 Å². The number of fused-ring (bicyclic) bond motifs is 1. The quantitative estimate of drug-likeness (QED) is 0.793. The van der Waals surface area contributed by atoms with Crippen LogP contribution in [-0.4, -0.2) is 34.4 Å². The molecule has 138 valence electrons. The first kappa shape index (κ1) is 18.9. The van der Waals surface area contributed by atoms with Gasteiger partial charge in [0.25, 0.3) is 5.91 Å². The lowest BCUT2D eigenvalue weighted by Gasteiger charge is -2.26. The number of carbonyl (C=O) groups excluding carboxylic acids is 2. The number of benzene rings is 1. The van der Waals surface area contributed by atoms with E-state index >= 15 is 0 Å². The Morgan fingerprint density at radius 1 is 1.31 bits per heavy atom. The molecule has 0 saturated heterocycles. The Hall–Kier alpha value is -1.83. The monoisotopic (exact) mass is 412 g/mol. The number of hydrogen-bond donors (Lipinski definition) is 2. The first-order chi connectivity index (χ1) is 12.3. The third kappa shape index (κ3) is 4.28. The predicted octanol–water partition coefficient (Wildman–Crippen LogP) is 4.18. The van der Waals surface area contributed by atoms with Crippen LogP contribution in [0.3, 0.4) is 0 Å². The first-order valence-electron chi connectivity index (χ1n) is 8.14. The molecule has 0 atom stereocenters. The van der Waals surface area contributed by atoms with E-state index < -0.39 is 0 Å². The van der Waals surface area contributed by atoms with Crippen molar-refractivity contribution in [3.05, 3.63) is 44.4 Å². The second kappa shape index (κ2) is 7.82. The molecule has 2 aromatic rings. The molecule has 1 aromatic carbocycles. The highest BCUT2D eigenvalue weighted by atomic mass is 35.5. The van der Waals surface area contributed by atoms with Crippen molar-refractivity contribution in [1.82, 2.24) is 15.2 Å². The van der Waals surface area contributed by atoms with Crippen LogP contribution in [0.25, 0.3) is 0 Å². The van der Waals surface area contributed by atoms with E-state index in [9.17, 15) is 9.59 Å². The minimum absolute atomic E-state index is 0.0418. The largest absolute Gasteiger partial charge is 0.336 e. The second-order valence-corrected chi connectivity index (χ2v) is 8.17. The van der Waals surface area contributed by atoms with Gasteiger partial charge in [0.05, 0.1) is 22.8 Å². The third-order valence-electron chi connectivity index (χ3n) is 3.82. The Morgan fingerprint density at radius 2 is 2.08 bits per heavy atom. The zero-order chi connectivity index (χ0) is 18.8. The average Bonchev–Trinajstić information content (AvgIpc) is 2.96. The molecule has 9 heteroatoms. The zero-order valence-corrected chi connectivity index (χ0v) is 16.6. The molecule has 0 spiro atoms. The van der Waals surface area contributed by atoms with E-state index in [1.807, 2.05) is 13.8 Å². The van der Waals surface area contributed by atoms with Crippen LogP contribution < -0.4 is 10.6 Å². The van der Waals surface area contributed by atoms with Crippen LogP contribution >= 0.6 is 34.5 Å². The van der Waals surface area contributed by atoms with E-state index in [4.69, 9.17) is 23.2 Å². The van der Waals surface area contributed by atoms with E-state index in [-0.39, 0.29) is 18.0 Å². The Morgan fingerprint density at radius 3 is 2.81 bits per heavy atom. The van der Waals surface area contributed by atoms with E-state index in [1.54, 1.807) is 23.1 Å². The van der Waals surface area contributed by atoms with Crippen molar-refractivity contribution >= 4 is 51.6 Å². The number of halogens is 2. The molecule has 6 nitrogen and oxygen atoms in total. The lowest BCUT2D eigenvalue weighted by molar-refractivity contribution is 0.0736. The number of rotatable bonds is 3. The molecule has 0 saturated carbocycles. The van der Waals surface area contributed by atoms with Gasteiger partial charge in [-0.1, -0.05) is 34.5 Å². The van der Waals surface area contributed by atoms with Gasteiger partial charge in [-0.2, -0.15) is 0 Å². The summed E-state index contributed by atoms with van der Waals surface area (Å²) < 4.78 is 0. The van der Waals surface area contributed by atoms with Crippen LogP contribution in [0.2, 0.25) is 10.0 Å². The molecule has 2 heterocycles. The number of nitrogens with zero attached hydrogens (tertiary/aromatic N) is 2. The summed E-state index contributed by atoms with van der Waals surface area (Å²) in [6.45, 7) is 4.74. The van der Waals surface area contributed by atoms with Crippen molar-refractivity contribution < 1.29 is 9.59 Å². The maximum absolute atomic E-state index is 12.8. The van der Waals surface area contributed by atoms with Gasteiger partial charge in [-0.3, -0.25) is 10.1 Å². The number of anilines is 1. The van der Waals surface area contributed by atoms with Crippen molar-refractivity contribution in [3.63, 3.8) is 0 Å². The van der Waals surface area contributed by atoms with Crippen molar-refractivity contribution in [2.24, 2.45) is 0 Å². The van der Waals surface area contributed by atoms with Crippen LogP contribution in [0.5, 0.6) is 0 Å². The zero-order valence-electron chi connectivity index (χ0n) is 14.3. The van der Waals surface area contributed by atoms with Gasteiger partial charge in [0.15, 0.2) is 5.13 Å². The Kier molecular flexibility index (Phi) is 5.70. The average molecular weight is 413 g/mol. The van der Waals surface area contributed by atoms with Crippen molar-refractivity contribution in [3.8, 4) is 0 Å². The molecule has 0 fully saturated rings. The number of urea groups is 1. The number of hydrogen-bond acceptors (Lipinski definition) is 4. The molecular weight excluding hydrogens is 395 g/mol. The Bertz CT molecular complexity index is 853. The molecule has 3 amide bonds. The second-order valence-electron chi connectivity index (χ2n) is 6.24. The number of aromatic nitrogens is 1. The molecule has 1 aliphatic heterocycles. The van der Waals surface area contributed by atoms with Gasteiger partial charge in [-0.25, -0.2) is 9.78 Å². The molecule has 0 unspecified atom stereocenters. The van der Waals surface area contributed by atoms with Crippen LogP contribution in [0.15, 0.2) is 18.2 Å². The minimum Gasteiger partial charge on any atom is -0.336 e. The predicted molar refractivity (Wildman–Crippen MR) is 104 cm³/mol. The molecule has 1 aliphatic rings. The van der Waals surface area contributed by atoms with Gasteiger partial charge in [0.1, 0.15) is 0 Å². The maximum Gasteiger partial charge on any atom is 0.321 e. The van der Waals surface area contributed by atoms with Crippen molar-refractivity contribution in [2.75, 3.05) is 11.9 Å². The van der Waals surface area contributed by atoms with E-state index in [2.05, 4.69) is 15.6 Å². The van der Waals surface area contributed by atoms with Crippen molar-refractivity contribution in [2.45, 2.75) is 32.9 Å². The third-order valence-corrected chi connectivity index (χ3v) is 5.38. The lowest BCUT2D eigenvalue weighted by Crippen LogP contribution is -2.35. The number of carbonyl (C=O) groups is 2. The Balaban J connectivity index is 1.72. The topological polar surface area (TPSA) is 74.3 Å². The number of amides is 3. The Labute approximate surface area is 165 Å². The summed E-state index contributed by atoms with van der Waals surface area (Å²) in [4.78, 5) is 31.7. The summed E-state index contributed by atoms with van der Waals surface area (Å²) in [7, 11) is 0. The van der Waals surface area contributed by atoms with E-state index in [0.717, 1.165) is 10.6 Å². The van der Waals surface area contributed by atoms with Crippen LogP contribution in [-0.2, 0) is 13.0 Å². The van der Waals surface area contributed by atoms with Gasteiger partial charge in [-0.15, -0.1) is 0 Å². The number of nitrogens with one attached hydrogen (secondary N) is 2. The normalized spacial score (nSPS) is 13.5. The maximum atomic E-state index is 12.8. The standard InChI is InChI=1S/C17H18Cl2N4O2S/c1-9(2)20-16(25)22-17-21-13-5-6-23(8-14(13)26-17)15(24)11-7-10(18)3-4-12(11)19/h3-4,7,9H,5-6,8H2,1-2H3,(H2,20,21,22,25). The summed E-state index contributed by atoms with van der Waals surface area (Å²) in [6, 6.07) is 4.61. The lowest BCUT2D eigenvalue weighted by atomic mass is 10.1. The van der Waals surface area contributed by atoms with Crippen LogP contribution in [0.1, 0.15) is 34.8 Å². The highest BCUT2D eigenvalue weighted by molar-refractivity contribution is 7.15. The molecule has 0 radical (unpaired) electrons. The van der Waals surface area contributed by atoms with Crippen LogP contribution in [0.4, 0.5) is 9.93 Å². The molecule has 26 heavy (non-hydrogen) atoms. The SMILES string of the molecule is CC(C)NC(=O)Nc1nc2c(s1)CN(C(=O)c1cc(Cl)ccc1Cl)CC2. The van der Waals surface area contributed by atoms with Gasteiger partial charge in [-0.05, 0) is 32.0 Å². The molecule has 0 aliphatic carbocycles. The number of thiazole rings is 1. The summed E-state index contributed by atoms with van der Waals surface area (Å²) in [6.07, 6.45) is 0.628. The first-order valence-corrected chi connectivity index (χ1v) is 9.71. The minimum atomic E-state index is -0.287. The fraction of sp³-hybridized carbons (Fsp3) is 0.353. The molecule has 1 aromatic heterocycles. The fourth-order valence-corrected chi connectivity index (χ4v) is 4.04. The van der Waals surface area contributed by atoms with Gasteiger partial charge in [0, 0.05) is 28.9 Å². The molecular formula is C17H18Cl2N4O2S. The van der Waals surface area contributed by atoms with Gasteiger partial charge in [0.2, 0.25) is 0 Å². The molecule has 0 bridgehead atoms. The van der Waals surface area contributed by atoms with Gasteiger partial charge < -0.3 is 10.2 Å². The smallest absolute Gasteiger partial charge is 0.321 e. The fourth-order valence-electron chi connectivity index (χ4n) is 2.65. The molecule has 3 rings (SSSR count).